The third kappa shape index (κ3) is 3.71. The number of nitrogens with zero attached hydrogens (tertiary/aromatic N) is 1. The minimum absolute atomic E-state index is 0.232. The molecule has 6 heteroatoms. The fraction of sp³-hybridized carbons (Fsp3) is 0.571. The Morgan fingerprint density at radius 3 is 2.65 bits per heavy atom. The smallest absolute Gasteiger partial charge is 0.240 e. The zero-order valence-electron chi connectivity index (χ0n) is 12.1. The molecule has 0 heterocycles. The van der Waals surface area contributed by atoms with Gasteiger partial charge in [0.2, 0.25) is 10.0 Å². The van der Waals surface area contributed by atoms with Gasteiger partial charge in [0.1, 0.15) is 0 Å². The van der Waals surface area contributed by atoms with Crippen molar-refractivity contribution < 1.29 is 8.42 Å². The highest BCUT2D eigenvalue weighted by Gasteiger charge is 2.27. The Bertz CT molecular complexity index is 568. The van der Waals surface area contributed by atoms with Gasteiger partial charge < -0.3 is 5.73 Å². The molecule has 3 N–H and O–H groups in total. The van der Waals surface area contributed by atoms with Gasteiger partial charge in [-0.25, -0.2) is 13.1 Å². The molecule has 0 amide bonds. The van der Waals surface area contributed by atoms with Crippen molar-refractivity contribution in [3.05, 3.63) is 23.8 Å². The summed E-state index contributed by atoms with van der Waals surface area (Å²) in [6, 6.07) is 5.48. The van der Waals surface area contributed by atoms with E-state index in [0.29, 0.717) is 18.3 Å². The number of nitrogen functional groups attached to an aromatic ring is 1. The Morgan fingerprint density at radius 2 is 2.10 bits per heavy atom. The van der Waals surface area contributed by atoms with E-state index < -0.39 is 10.0 Å². The van der Waals surface area contributed by atoms with E-state index in [2.05, 4.69) is 16.5 Å². The van der Waals surface area contributed by atoms with E-state index in [4.69, 9.17) is 5.73 Å². The number of likely N-dealkylation sites (N-methyl/N-ethyl adjacent to an activating group) is 1. The van der Waals surface area contributed by atoms with Gasteiger partial charge in [-0.05, 0) is 44.0 Å². The number of rotatable bonds is 7. The number of hydrogen-bond acceptors (Lipinski definition) is 4. The van der Waals surface area contributed by atoms with E-state index >= 15 is 0 Å². The molecule has 0 aromatic heterocycles. The molecule has 2 rings (SSSR count). The number of hydrogen-bond donors (Lipinski definition) is 2. The number of nitrogens with one attached hydrogen (secondary N) is 1. The second-order valence-corrected chi connectivity index (χ2v) is 7.04. The quantitative estimate of drug-likeness (QED) is 0.745. The lowest BCUT2D eigenvalue weighted by molar-refractivity contribution is 0.282. The van der Waals surface area contributed by atoms with Crippen molar-refractivity contribution >= 4 is 15.7 Å². The van der Waals surface area contributed by atoms with Gasteiger partial charge in [-0.2, -0.15) is 0 Å². The second-order valence-electron chi connectivity index (χ2n) is 5.28. The highest BCUT2D eigenvalue weighted by Crippen LogP contribution is 2.26. The van der Waals surface area contributed by atoms with Crippen molar-refractivity contribution in [2.75, 3.05) is 25.4 Å². The van der Waals surface area contributed by atoms with Gasteiger partial charge in [0.05, 0.1) is 4.90 Å². The maximum Gasteiger partial charge on any atom is 0.240 e. The zero-order valence-corrected chi connectivity index (χ0v) is 12.9. The first-order chi connectivity index (χ1) is 9.44. The third-order valence-electron chi connectivity index (χ3n) is 3.72. The molecule has 1 fully saturated rings. The first-order valence-corrected chi connectivity index (χ1v) is 8.52. The molecule has 0 spiro atoms. The molecule has 5 nitrogen and oxygen atoms in total. The second kappa shape index (κ2) is 6.11. The predicted octanol–water partition coefficient (Wildman–Crippen LogP) is 1.34. The molecule has 0 aliphatic heterocycles. The van der Waals surface area contributed by atoms with Crippen LogP contribution in [0.2, 0.25) is 0 Å². The lowest BCUT2D eigenvalue weighted by Crippen LogP contribution is -2.36. The van der Waals surface area contributed by atoms with E-state index in [9.17, 15) is 8.42 Å². The molecule has 1 aliphatic rings. The van der Waals surface area contributed by atoms with E-state index in [1.54, 1.807) is 12.1 Å². The lowest BCUT2D eigenvalue weighted by Gasteiger charge is -2.19. The Hall–Kier alpha value is -1.11. The number of anilines is 1. The molecule has 0 radical (unpaired) electrons. The molecular formula is C14H23N3O2S. The van der Waals surface area contributed by atoms with Crippen molar-refractivity contribution in [3.8, 4) is 0 Å². The molecule has 0 saturated heterocycles. The summed E-state index contributed by atoms with van der Waals surface area (Å²) in [4.78, 5) is 2.54. The fourth-order valence-corrected chi connectivity index (χ4v) is 3.29. The van der Waals surface area contributed by atoms with Crippen LogP contribution in [0.4, 0.5) is 5.69 Å². The summed E-state index contributed by atoms with van der Waals surface area (Å²) in [5, 5.41) is 0. The summed E-state index contributed by atoms with van der Waals surface area (Å²) in [5.74, 6) is 0. The summed E-state index contributed by atoms with van der Waals surface area (Å²) in [7, 11) is -3.47. The van der Waals surface area contributed by atoms with E-state index in [0.717, 1.165) is 18.7 Å². The van der Waals surface area contributed by atoms with Crippen LogP contribution < -0.4 is 10.5 Å². The average Bonchev–Trinajstić information content (AvgIpc) is 3.22. The Morgan fingerprint density at radius 1 is 1.40 bits per heavy atom. The molecule has 0 bridgehead atoms. The summed E-state index contributed by atoms with van der Waals surface area (Å²) in [6.07, 6.45) is 2.46. The normalized spacial score (nSPS) is 15.8. The van der Waals surface area contributed by atoms with Gasteiger partial charge in [-0.3, -0.25) is 4.90 Å². The minimum Gasteiger partial charge on any atom is -0.398 e. The van der Waals surface area contributed by atoms with E-state index in [1.165, 1.54) is 18.9 Å². The monoisotopic (exact) mass is 297 g/mol. The summed E-state index contributed by atoms with van der Waals surface area (Å²) < 4.78 is 27.0. The van der Waals surface area contributed by atoms with Crippen LogP contribution in [0, 0.1) is 6.92 Å². The highest BCUT2D eigenvalue weighted by molar-refractivity contribution is 7.89. The minimum atomic E-state index is -3.47. The molecule has 1 aromatic rings. The van der Waals surface area contributed by atoms with Gasteiger partial charge in [0.25, 0.3) is 0 Å². The Kier molecular flexibility index (Phi) is 4.67. The molecule has 112 valence electrons. The van der Waals surface area contributed by atoms with Crippen molar-refractivity contribution in [1.29, 1.82) is 0 Å². The fourth-order valence-electron chi connectivity index (χ4n) is 2.23. The van der Waals surface area contributed by atoms with Gasteiger partial charge in [-0.1, -0.05) is 13.0 Å². The molecule has 1 aromatic carbocycles. The van der Waals surface area contributed by atoms with Crippen LogP contribution in [0.5, 0.6) is 0 Å². The lowest BCUT2D eigenvalue weighted by atomic mass is 10.2. The van der Waals surface area contributed by atoms with Crippen molar-refractivity contribution in [2.24, 2.45) is 0 Å². The van der Waals surface area contributed by atoms with Gasteiger partial charge >= 0.3 is 0 Å². The van der Waals surface area contributed by atoms with Crippen molar-refractivity contribution in [3.63, 3.8) is 0 Å². The van der Waals surface area contributed by atoms with Crippen LogP contribution in [0.3, 0.4) is 0 Å². The standard InChI is InChI=1S/C14H23N3O2S/c1-3-17(12-5-6-12)9-8-16-20(18,19)13-7-4-11(2)14(15)10-13/h4,7,10,12,16H,3,5-6,8-9,15H2,1-2H3. The maximum absolute atomic E-state index is 12.2. The van der Waals surface area contributed by atoms with Crippen LogP contribution in [0.15, 0.2) is 23.1 Å². The molecule has 20 heavy (non-hydrogen) atoms. The maximum atomic E-state index is 12.2. The van der Waals surface area contributed by atoms with Crippen LogP contribution in [0.25, 0.3) is 0 Å². The number of sulfonamides is 1. The Labute approximate surface area is 121 Å². The highest BCUT2D eigenvalue weighted by atomic mass is 32.2. The Balaban J connectivity index is 1.94. The number of benzene rings is 1. The van der Waals surface area contributed by atoms with Crippen LogP contribution in [-0.4, -0.2) is 39.0 Å². The molecule has 1 saturated carbocycles. The molecular weight excluding hydrogens is 274 g/mol. The molecule has 1 aliphatic carbocycles. The molecule has 0 unspecified atom stereocenters. The van der Waals surface area contributed by atoms with Crippen LogP contribution in [0.1, 0.15) is 25.3 Å². The van der Waals surface area contributed by atoms with Gasteiger partial charge in [0.15, 0.2) is 0 Å². The van der Waals surface area contributed by atoms with Crippen LogP contribution >= 0.6 is 0 Å². The average molecular weight is 297 g/mol. The third-order valence-corrected chi connectivity index (χ3v) is 5.18. The largest absolute Gasteiger partial charge is 0.398 e. The van der Waals surface area contributed by atoms with E-state index in [1.807, 2.05) is 6.92 Å². The van der Waals surface area contributed by atoms with E-state index in [-0.39, 0.29) is 4.90 Å². The number of nitrogens with two attached hydrogens (primary N) is 1. The predicted molar refractivity (Wildman–Crippen MR) is 81.0 cm³/mol. The van der Waals surface area contributed by atoms with Crippen molar-refractivity contribution in [1.82, 2.24) is 9.62 Å². The SMILES string of the molecule is CCN(CCNS(=O)(=O)c1ccc(C)c(N)c1)C1CC1. The summed E-state index contributed by atoms with van der Waals surface area (Å²) >= 11 is 0. The first-order valence-electron chi connectivity index (χ1n) is 7.04. The van der Waals surface area contributed by atoms with Gasteiger partial charge in [-0.15, -0.1) is 0 Å². The topological polar surface area (TPSA) is 75.4 Å². The summed E-state index contributed by atoms with van der Waals surface area (Å²) in [6.45, 7) is 6.10. The number of aryl methyl sites for hydroxylation is 1. The first kappa shape index (κ1) is 15.3. The van der Waals surface area contributed by atoms with Crippen molar-refractivity contribution in [2.45, 2.75) is 37.6 Å². The van der Waals surface area contributed by atoms with Gasteiger partial charge in [0, 0.05) is 24.8 Å². The molecule has 0 atom stereocenters. The van der Waals surface area contributed by atoms with Crippen LogP contribution in [-0.2, 0) is 10.0 Å². The summed E-state index contributed by atoms with van der Waals surface area (Å²) in [5.41, 5.74) is 7.15. The zero-order chi connectivity index (χ0) is 14.8.